The van der Waals surface area contributed by atoms with Crippen LogP contribution < -0.4 is 0 Å². The minimum absolute atomic E-state index is 0.393. The van der Waals surface area contributed by atoms with Crippen LogP contribution in [0, 0.1) is 0 Å². The zero-order chi connectivity index (χ0) is 6.57. The molecular weight excluding hydrogens is 190 g/mol. The van der Waals surface area contributed by atoms with E-state index in [1.807, 2.05) is 0 Å². The molecule has 0 aliphatic heterocycles. The fourth-order valence-corrected chi connectivity index (χ4v) is 0.625. The molecule has 0 radical (unpaired) electrons. The first-order valence-corrected chi connectivity index (χ1v) is 3.62. The molecule has 1 unspecified atom stereocenters. The van der Waals surface area contributed by atoms with Crippen LogP contribution in [0.4, 0.5) is 0 Å². The highest BCUT2D eigenvalue weighted by Crippen LogP contribution is 2.15. The Morgan fingerprint density at radius 1 is 1.12 bits per heavy atom. The Balaban J connectivity index is 3.47. The highest BCUT2D eigenvalue weighted by Gasteiger charge is 2.07. The molecule has 0 aromatic heterocycles. The Hall–Kier alpha value is 0.900. The molecule has 0 bridgehead atoms. The van der Waals surface area contributed by atoms with E-state index < -0.39 is 10.2 Å². The van der Waals surface area contributed by atoms with E-state index in [1.165, 1.54) is 11.6 Å². The van der Waals surface area contributed by atoms with Crippen LogP contribution in [0.5, 0.6) is 0 Å². The maximum absolute atomic E-state index is 5.48. The van der Waals surface area contributed by atoms with Crippen LogP contribution in [0.1, 0.15) is 0 Å². The average molecular weight is 194 g/mol. The maximum atomic E-state index is 5.48. The third-order valence-corrected chi connectivity index (χ3v) is 1.84. The highest BCUT2D eigenvalue weighted by atomic mass is 35.5. The molecule has 4 heteroatoms. The van der Waals surface area contributed by atoms with Gasteiger partial charge in [0, 0.05) is 5.54 Å². The van der Waals surface area contributed by atoms with E-state index in [1.54, 1.807) is 0 Å². The minimum atomic E-state index is -0.591. The standard InChI is InChI=1S/C4H4Cl4/c5-2-1-3(6)4(7)8/h1-4H. The second-order valence-corrected chi connectivity index (χ2v) is 3.02. The van der Waals surface area contributed by atoms with Gasteiger partial charge in [0.15, 0.2) is 0 Å². The molecule has 0 saturated heterocycles. The summed E-state index contributed by atoms with van der Waals surface area (Å²) >= 11 is 21.3. The van der Waals surface area contributed by atoms with Gasteiger partial charge in [0.1, 0.15) is 4.84 Å². The van der Waals surface area contributed by atoms with Crippen molar-refractivity contribution in [2.24, 2.45) is 0 Å². The van der Waals surface area contributed by atoms with Gasteiger partial charge in [-0.05, 0) is 0 Å². The van der Waals surface area contributed by atoms with E-state index in [4.69, 9.17) is 46.4 Å². The number of alkyl halides is 3. The van der Waals surface area contributed by atoms with Gasteiger partial charge < -0.3 is 0 Å². The van der Waals surface area contributed by atoms with E-state index >= 15 is 0 Å². The summed E-state index contributed by atoms with van der Waals surface area (Å²) in [5, 5.41) is -0.393. The van der Waals surface area contributed by atoms with E-state index in [0.717, 1.165) is 0 Å². The van der Waals surface area contributed by atoms with Crippen LogP contribution in [0.2, 0.25) is 0 Å². The molecule has 1 atom stereocenters. The smallest absolute Gasteiger partial charge is 0.115 e. The van der Waals surface area contributed by atoms with E-state index in [0.29, 0.717) is 0 Å². The lowest BCUT2D eigenvalue weighted by molar-refractivity contribution is 1.17. The second-order valence-electron chi connectivity index (χ2n) is 1.10. The van der Waals surface area contributed by atoms with Crippen molar-refractivity contribution >= 4 is 46.4 Å². The number of halogens is 4. The van der Waals surface area contributed by atoms with Gasteiger partial charge in [-0.15, -0.1) is 34.8 Å². The third kappa shape index (κ3) is 3.85. The summed E-state index contributed by atoms with van der Waals surface area (Å²) in [7, 11) is 0. The monoisotopic (exact) mass is 192 g/mol. The molecule has 0 N–H and O–H groups in total. The minimum Gasteiger partial charge on any atom is -0.115 e. The molecule has 0 rings (SSSR count). The van der Waals surface area contributed by atoms with Gasteiger partial charge in [-0.25, -0.2) is 0 Å². The van der Waals surface area contributed by atoms with Gasteiger partial charge >= 0.3 is 0 Å². The van der Waals surface area contributed by atoms with Crippen molar-refractivity contribution < 1.29 is 0 Å². The fraction of sp³-hybridized carbons (Fsp3) is 0.500. The van der Waals surface area contributed by atoms with Gasteiger partial charge in [0.25, 0.3) is 0 Å². The molecule has 0 nitrogen and oxygen atoms in total. The zero-order valence-electron chi connectivity index (χ0n) is 3.82. The quantitative estimate of drug-likeness (QED) is 0.592. The summed E-state index contributed by atoms with van der Waals surface area (Å²) in [6, 6.07) is 0. The lowest BCUT2D eigenvalue weighted by Crippen LogP contribution is -2.02. The molecule has 0 aromatic carbocycles. The molecule has 48 valence electrons. The first-order valence-electron chi connectivity index (χ1n) is 1.87. The van der Waals surface area contributed by atoms with Crippen molar-refractivity contribution in [3.05, 3.63) is 11.6 Å². The van der Waals surface area contributed by atoms with Gasteiger partial charge in [0.2, 0.25) is 0 Å². The summed E-state index contributed by atoms with van der Waals surface area (Å²) in [4.78, 5) is -0.591. The van der Waals surface area contributed by atoms with Crippen LogP contribution in [0.3, 0.4) is 0 Å². The normalized spacial score (nSPS) is 15.6. The fourth-order valence-electron chi connectivity index (χ4n) is 0.153. The zero-order valence-corrected chi connectivity index (χ0v) is 6.84. The number of rotatable bonds is 2. The van der Waals surface area contributed by atoms with Crippen molar-refractivity contribution in [1.82, 2.24) is 0 Å². The summed E-state index contributed by atoms with van der Waals surface area (Å²) in [6.45, 7) is 0. The lowest BCUT2D eigenvalue weighted by atomic mass is 10.5. The van der Waals surface area contributed by atoms with Gasteiger partial charge in [-0.2, -0.15) is 0 Å². The maximum Gasteiger partial charge on any atom is 0.127 e. The van der Waals surface area contributed by atoms with E-state index in [2.05, 4.69) is 0 Å². The van der Waals surface area contributed by atoms with Gasteiger partial charge in [0.05, 0.1) is 5.38 Å². The van der Waals surface area contributed by atoms with Crippen LogP contribution in [0.25, 0.3) is 0 Å². The molecule has 8 heavy (non-hydrogen) atoms. The molecule has 0 saturated carbocycles. The largest absolute Gasteiger partial charge is 0.127 e. The third-order valence-electron chi connectivity index (χ3n) is 0.497. The number of hydrogen-bond acceptors (Lipinski definition) is 0. The Labute approximate surface area is 68.4 Å². The molecule has 0 fully saturated rings. The summed E-state index contributed by atoms with van der Waals surface area (Å²) in [5.41, 5.74) is 1.29. The van der Waals surface area contributed by atoms with Crippen molar-refractivity contribution in [1.29, 1.82) is 0 Å². The van der Waals surface area contributed by atoms with Crippen molar-refractivity contribution in [3.8, 4) is 0 Å². The molecule has 0 aliphatic carbocycles. The molecule has 0 spiro atoms. The summed E-state index contributed by atoms with van der Waals surface area (Å²) in [5.74, 6) is 0. The van der Waals surface area contributed by atoms with Crippen LogP contribution >= 0.6 is 46.4 Å². The van der Waals surface area contributed by atoms with Crippen LogP contribution in [-0.2, 0) is 0 Å². The highest BCUT2D eigenvalue weighted by molar-refractivity contribution is 6.48. The Morgan fingerprint density at radius 3 is 1.75 bits per heavy atom. The van der Waals surface area contributed by atoms with Gasteiger partial charge in [-0.3, -0.25) is 0 Å². The van der Waals surface area contributed by atoms with Crippen molar-refractivity contribution in [2.45, 2.75) is 10.2 Å². The molecular formula is C4H4Cl4. The Bertz CT molecular complexity index is 78.1. The van der Waals surface area contributed by atoms with Crippen LogP contribution in [0.15, 0.2) is 11.6 Å². The SMILES string of the molecule is ClC=CC(Cl)C(Cl)Cl. The van der Waals surface area contributed by atoms with Crippen molar-refractivity contribution in [3.63, 3.8) is 0 Å². The van der Waals surface area contributed by atoms with E-state index in [-0.39, 0.29) is 0 Å². The Morgan fingerprint density at radius 2 is 1.62 bits per heavy atom. The second kappa shape index (κ2) is 4.75. The lowest BCUT2D eigenvalue weighted by Gasteiger charge is -2.00. The van der Waals surface area contributed by atoms with Gasteiger partial charge in [-0.1, -0.05) is 17.7 Å². The molecule has 0 heterocycles. The number of allylic oxidation sites excluding steroid dienone is 1. The first-order chi connectivity index (χ1) is 3.68. The first kappa shape index (κ1) is 8.90. The summed E-state index contributed by atoms with van der Waals surface area (Å²) in [6.07, 6.45) is 1.51. The molecule has 0 aromatic rings. The molecule has 0 aliphatic rings. The van der Waals surface area contributed by atoms with Crippen molar-refractivity contribution in [2.75, 3.05) is 0 Å². The molecule has 0 amide bonds. The topological polar surface area (TPSA) is 0 Å². The number of hydrogen-bond donors (Lipinski definition) is 0. The van der Waals surface area contributed by atoms with Crippen LogP contribution in [-0.4, -0.2) is 10.2 Å². The predicted octanol–water partition coefficient (Wildman–Crippen LogP) is 3.15. The van der Waals surface area contributed by atoms with E-state index in [9.17, 15) is 0 Å². The average Bonchev–Trinajstić information content (AvgIpc) is 1.67. The predicted molar refractivity (Wildman–Crippen MR) is 40.1 cm³/mol. The Kier molecular flexibility index (Phi) is 5.28. The summed E-state index contributed by atoms with van der Waals surface area (Å²) < 4.78 is 0.